The third-order valence-electron chi connectivity index (χ3n) is 3.20. The van der Waals surface area contributed by atoms with Crippen molar-refractivity contribution in [2.24, 2.45) is 5.41 Å². The normalized spacial score (nSPS) is 13.2. The summed E-state index contributed by atoms with van der Waals surface area (Å²) in [6.45, 7) is 6.17. The topological polar surface area (TPSA) is 55.0 Å². The number of hydrogen-bond donors (Lipinski definition) is 1. The number of rotatable bonds is 3. The van der Waals surface area contributed by atoms with E-state index < -0.39 is 0 Å². The first kappa shape index (κ1) is 16.2. The molecule has 1 N–H and O–H groups in total. The average Bonchev–Trinajstić information content (AvgIpc) is 2.42. The zero-order chi connectivity index (χ0) is 15.6. The number of hydrogen-bond acceptors (Lipinski definition) is 3. The third kappa shape index (κ3) is 3.52. The highest BCUT2D eigenvalue weighted by atomic mass is 127. The van der Waals surface area contributed by atoms with E-state index in [4.69, 9.17) is 4.74 Å². The van der Waals surface area contributed by atoms with Crippen molar-refractivity contribution in [3.63, 3.8) is 0 Å². The molecule has 112 valence electrons. The molecule has 1 unspecified atom stereocenters. The maximum absolute atomic E-state index is 12.2. The van der Waals surface area contributed by atoms with Gasteiger partial charge in [-0.3, -0.25) is 4.79 Å². The molecule has 0 saturated carbocycles. The second kappa shape index (κ2) is 6.27. The van der Waals surface area contributed by atoms with Gasteiger partial charge in [0.1, 0.15) is 15.5 Å². The molecule has 1 heterocycles. The Labute approximate surface area is 138 Å². The van der Waals surface area contributed by atoms with E-state index in [2.05, 4.69) is 30.7 Å². The molecule has 0 aliphatic carbocycles. The van der Waals surface area contributed by atoms with Crippen LogP contribution in [0.3, 0.4) is 0 Å². The molecule has 0 fully saturated rings. The van der Waals surface area contributed by atoms with Gasteiger partial charge in [0, 0.05) is 12.7 Å². The first-order chi connectivity index (χ1) is 9.84. The molecule has 1 atom stereocenters. The molecule has 0 aliphatic rings. The number of nitrogens with one attached hydrogen (secondary N) is 1. The maximum Gasteiger partial charge on any atom is 0.265 e. The molecule has 0 amide bonds. The maximum atomic E-state index is 12.2. The Morgan fingerprint density at radius 2 is 1.86 bits per heavy atom. The zero-order valence-electron chi connectivity index (χ0n) is 12.6. The van der Waals surface area contributed by atoms with Gasteiger partial charge in [-0.25, -0.2) is 4.98 Å². The zero-order valence-corrected chi connectivity index (χ0v) is 14.8. The van der Waals surface area contributed by atoms with Crippen LogP contribution in [0, 0.1) is 8.99 Å². The standard InChI is InChI=1S/C16H19IN2O2/c1-16(2,3)13(21-4)14-18-12(11(17)15(20)19-14)10-8-6-5-7-9-10/h5-9,13H,1-4H3,(H,18,19,20). The fourth-order valence-corrected chi connectivity index (χ4v) is 2.83. The number of methoxy groups -OCH3 is 1. The van der Waals surface area contributed by atoms with Gasteiger partial charge in [0.15, 0.2) is 0 Å². The summed E-state index contributed by atoms with van der Waals surface area (Å²) in [5, 5.41) is 0. The summed E-state index contributed by atoms with van der Waals surface area (Å²) in [5.41, 5.74) is 1.33. The van der Waals surface area contributed by atoms with E-state index in [0.29, 0.717) is 15.1 Å². The van der Waals surface area contributed by atoms with Gasteiger partial charge in [-0.15, -0.1) is 0 Å². The van der Waals surface area contributed by atoms with Crippen LogP contribution in [-0.4, -0.2) is 17.1 Å². The Balaban J connectivity index is 2.62. The van der Waals surface area contributed by atoms with Crippen molar-refractivity contribution in [1.82, 2.24) is 9.97 Å². The number of halogens is 1. The number of nitrogens with zero attached hydrogens (tertiary/aromatic N) is 1. The second-order valence-corrected chi connectivity index (χ2v) is 7.04. The quantitative estimate of drug-likeness (QED) is 0.801. The summed E-state index contributed by atoms with van der Waals surface area (Å²) in [4.78, 5) is 19.7. The number of benzene rings is 1. The molecule has 2 aromatic rings. The summed E-state index contributed by atoms with van der Waals surface area (Å²) in [6.07, 6.45) is -0.273. The highest BCUT2D eigenvalue weighted by molar-refractivity contribution is 14.1. The number of ether oxygens (including phenoxy) is 1. The molecule has 0 spiro atoms. The predicted molar refractivity (Wildman–Crippen MR) is 92.2 cm³/mol. The fourth-order valence-electron chi connectivity index (χ4n) is 2.26. The SMILES string of the molecule is COC(c1nc(-c2ccccc2)c(I)c(=O)[nH]1)C(C)(C)C. The molecule has 0 bridgehead atoms. The Bertz CT molecular complexity index is 675. The minimum Gasteiger partial charge on any atom is -0.373 e. The summed E-state index contributed by atoms with van der Waals surface area (Å²) in [5.74, 6) is 0.564. The van der Waals surface area contributed by atoms with Crippen LogP contribution in [0.1, 0.15) is 32.7 Å². The van der Waals surface area contributed by atoms with Crippen molar-refractivity contribution >= 4 is 22.6 Å². The van der Waals surface area contributed by atoms with E-state index in [1.807, 2.05) is 52.9 Å². The van der Waals surface area contributed by atoms with E-state index in [1.165, 1.54) is 0 Å². The molecule has 1 aromatic carbocycles. The highest BCUT2D eigenvalue weighted by Gasteiger charge is 2.29. The minimum absolute atomic E-state index is 0.134. The van der Waals surface area contributed by atoms with E-state index in [0.717, 1.165) is 5.56 Å². The highest BCUT2D eigenvalue weighted by Crippen LogP contribution is 2.34. The van der Waals surface area contributed by atoms with Crippen LogP contribution in [0.5, 0.6) is 0 Å². The molecule has 21 heavy (non-hydrogen) atoms. The van der Waals surface area contributed by atoms with Crippen LogP contribution in [-0.2, 0) is 4.74 Å². The number of aromatic nitrogens is 2. The third-order valence-corrected chi connectivity index (χ3v) is 4.20. The lowest BCUT2D eigenvalue weighted by atomic mass is 9.88. The molecular formula is C16H19IN2O2. The lowest BCUT2D eigenvalue weighted by Crippen LogP contribution is -2.26. The largest absolute Gasteiger partial charge is 0.373 e. The predicted octanol–water partition coefficient (Wildman–Crippen LogP) is 3.78. The van der Waals surface area contributed by atoms with Crippen LogP contribution in [0.15, 0.2) is 35.1 Å². The molecule has 4 nitrogen and oxygen atoms in total. The Kier molecular flexibility index (Phi) is 4.83. The van der Waals surface area contributed by atoms with Gasteiger partial charge in [-0.1, -0.05) is 51.1 Å². The van der Waals surface area contributed by atoms with E-state index in [1.54, 1.807) is 7.11 Å². The first-order valence-corrected chi connectivity index (χ1v) is 7.80. The lowest BCUT2D eigenvalue weighted by molar-refractivity contribution is 0.00854. The van der Waals surface area contributed by atoms with Gasteiger partial charge in [-0.05, 0) is 28.0 Å². The Morgan fingerprint density at radius 3 is 2.38 bits per heavy atom. The summed E-state index contributed by atoms with van der Waals surface area (Å²) in [6, 6.07) is 9.72. The van der Waals surface area contributed by atoms with E-state index in [-0.39, 0.29) is 17.1 Å². The number of H-pyrrole nitrogens is 1. The van der Waals surface area contributed by atoms with Crippen LogP contribution < -0.4 is 5.56 Å². The van der Waals surface area contributed by atoms with Crippen molar-refractivity contribution in [3.8, 4) is 11.3 Å². The van der Waals surface area contributed by atoms with Crippen LogP contribution in [0.2, 0.25) is 0 Å². The van der Waals surface area contributed by atoms with E-state index >= 15 is 0 Å². The van der Waals surface area contributed by atoms with Crippen LogP contribution in [0.4, 0.5) is 0 Å². The Morgan fingerprint density at radius 1 is 1.24 bits per heavy atom. The minimum atomic E-state index is -0.273. The molecule has 0 radical (unpaired) electrons. The molecule has 0 saturated heterocycles. The van der Waals surface area contributed by atoms with Crippen LogP contribution in [0.25, 0.3) is 11.3 Å². The summed E-state index contributed by atoms with van der Waals surface area (Å²) >= 11 is 2.03. The summed E-state index contributed by atoms with van der Waals surface area (Å²) in [7, 11) is 1.63. The van der Waals surface area contributed by atoms with Gasteiger partial charge < -0.3 is 9.72 Å². The summed E-state index contributed by atoms with van der Waals surface area (Å²) < 4.78 is 6.14. The van der Waals surface area contributed by atoms with Gasteiger partial charge >= 0.3 is 0 Å². The lowest BCUT2D eigenvalue weighted by Gasteiger charge is -2.28. The average molecular weight is 398 g/mol. The van der Waals surface area contributed by atoms with Gasteiger partial charge in [0.05, 0.1) is 5.69 Å². The monoisotopic (exact) mass is 398 g/mol. The van der Waals surface area contributed by atoms with Crippen molar-refractivity contribution in [2.45, 2.75) is 26.9 Å². The fraction of sp³-hybridized carbons (Fsp3) is 0.375. The Hall–Kier alpha value is -1.21. The molecular weight excluding hydrogens is 379 g/mol. The van der Waals surface area contributed by atoms with Crippen molar-refractivity contribution < 1.29 is 4.74 Å². The van der Waals surface area contributed by atoms with Gasteiger partial charge in [0.25, 0.3) is 5.56 Å². The molecule has 2 rings (SSSR count). The first-order valence-electron chi connectivity index (χ1n) is 6.72. The molecule has 0 aliphatic heterocycles. The second-order valence-electron chi connectivity index (χ2n) is 5.96. The van der Waals surface area contributed by atoms with E-state index in [9.17, 15) is 4.79 Å². The van der Waals surface area contributed by atoms with Gasteiger partial charge in [0.2, 0.25) is 0 Å². The van der Waals surface area contributed by atoms with Crippen LogP contribution >= 0.6 is 22.6 Å². The number of aromatic amines is 1. The molecule has 1 aromatic heterocycles. The smallest absolute Gasteiger partial charge is 0.265 e. The van der Waals surface area contributed by atoms with Gasteiger partial charge in [-0.2, -0.15) is 0 Å². The van der Waals surface area contributed by atoms with Crippen molar-refractivity contribution in [3.05, 3.63) is 50.1 Å². The molecule has 5 heteroatoms. The van der Waals surface area contributed by atoms with Crippen molar-refractivity contribution in [2.75, 3.05) is 7.11 Å². The van der Waals surface area contributed by atoms with Crippen molar-refractivity contribution in [1.29, 1.82) is 0 Å².